The molecule has 0 spiro atoms. The predicted octanol–water partition coefficient (Wildman–Crippen LogP) is 1.89. The monoisotopic (exact) mass is 325 g/mol. The highest BCUT2D eigenvalue weighted by Crippen LogP contribution is 2.33. The van der Waals surface area contributed by atoms with E-state index in [1.54, 1.807) is 0 Å². The largest absolute Gasteiger partial charge is 0.485 e. The summed E-state index contributed by atoms with van der Waals surface area (Å²) in [6, 6.07) is 7.39. The SMILES string of the molecule is Cl.O=C(OC1CN2CCC1CC2)C1COc2ccccc2O1. The predicted molar refractivity (Wildman–Crippen MR) is 82.6 cm³/mol. The lowest BCUT2D eigenvalue weighted by molar-refractivity contribution is -0.169. The minimum Gasteiger partial charge on any atom is -0.485 e. The summed E-state index contributed by atoms with van der Waals surface area (Å²) < 4.78 is 17.0. The number of rotatable bonds is 2. The highest BCUT2D eigenvalue weighted by atomic mass is 35.5. The summed E-state index contributed by atoms with van der Waals surface area (Å²) in [5.74, 6) is 1.50. The maximum Gasteiger partial charge on any atom is 0.351 e. The normalized spacial score (nSPS) is 32.0. The van der Waals surface area contributed by atoms with E-state index in [1.165, 1.54) is 0 Å². The number of carbonyl (C=O) groups is 1. The Morgan fingerprint density at radius 2 is 1.91 bits per heavy atom. The lowest BCUT2D eigenvalue weighted by Crippen LogP contribution is -2.53. The van der Waals surface area contributed by atoms with Gasteiger partial charge in [0.05, 0.1) is 0 Å². The Kier molecular flexibility index (Phi) is 4.45. The van der Waals surface area contributed by atoms with Crippen LogP contribution in [-0.4, -0.2) is 49.3 Å². The van der Waals surface area contributed by atoms with Crippen LogP contribution >= 0.6 is 12.4 Å². The zero-order chi connectivity index (χ0) is 14.2. The molecule has 3 fully saturated rings. The maximum absolute atomic E-state index is 12.3. The van der Waals surface area contributed by atoms with Crippen molar-refractivity contribution in [2.24, 2.45) is 5.92 Å². The molecule has 6 heteroatoms. The van der Waals surface area contributed by atoms with Gasteiger partial charge in [-0.05, 0) is 44.0 Å². The van der Waals surface area contributed by atoms with Crippen molar-refractivity contribution < 1.29 is 19.0 Å². The van der Waals surface area contributed by atoms with Crippen LogP contribution in [0, 0.1) is 5.92 Å². The molecule has 1 aromatic rings. The third-order valence-corrected chi connectivity index (χ3v) is 4.64. The number of ether oxygens (including phenoxy) is 3. The molecule has 22 heavy (non-hydrogen) atoms. The van der Waals surface area contributed by atoms with E-state index in [1.807, 2.05) is 24.3 Å². The van der Waals surface area contributed by atoms with Crippen LogP contribution in [0.25, 0.3) is 0 Å². The molecule has 0 saturated carbocycles. The molecule has 1 aromatic carbocycles. The number of hydrogen-bond donors (Lipinski definition) is 0. The minimum absolute atomic E-state index is 0. The van der Waals surface area contributed by atoms with Gasteiger partial charge in [0, 0.05) is 6.54 Å². The van der Waals surface area contributed by atoms with Crippen LogP contribution in [0.15, 0.2) is 24.3 Å². The van der Waals surface area contributed by atoms with Gasteiger partial charge in [0.15, 0.2) is 11.5 Å². The molecule has 5 rings (SSSR count). The number of nitrogens with zero attached hydrogens (tertiary/aromatic N) is 1. The Morgan fingerprint density at radius 3 is 2.59 bits per heavy atom. The van der Waals surface area contributed by atoms with Crippen molar-refractivity contribution in [1.82, 2.24) is 4.90 Å². The Hall–Kier alpha value is -1.46. The van der Waals surface area contributed by atoms with Gasteiger partial charge in [-0.2, -0.15) is 0 Å². The molecule has 0 N–H and O–H groups in total. The third-order valence-electron chi connectivity index (χ3n) is 4.64. The number of esters is 1. The first-order valence-electron chi connectivity index (χ1n) is 7.61. The number of hydrogen-bond acceptors (Lipinski definition) is 5. The van der Waals surface area contributed by atoms with E-state index < -0.39 is 6.10 Å². The molecule has 5 nitrogen and oxygen atoms in total. The standard InChI is InChI=1S/C16H19NO4.ClH/c18-16(21-14-9-17-7-5-11(14)6-8-17)15-10-19-12-3-1-2-4-13(12)20-15;/h1-4,11,14-15H,5-10H2;1H. The molecule has 3 saturated heterocycles. The average Bonchev–Trinajstić information content (AvgIpc) is 2.55. The van der Waals surface area contributed by atoms with Crippen molar-refractivity contribution in [2.75, 3.05) is 26.2 Å². The maximum atomic E-state index is 12.3. The van der Waals surface area contributed by atoms with Crippen LogP contribution in [-0.2, 0) is 9.53 Å². The number of fused-ring (bicyclic) bond motifs is 4. The second-order valence-corrected chi connectivity index (χ2v) is 5.98. The second-order valence-electron chi connectivity index (χ2n) is 5.98. The van der Waals surface area contributed by atoms with Crippen LogP contribution < -0.4 is 9.47 Å². The van der Waals surface area contributed by atoms with Gasteiger partial charge in [0.1, 0.15) is 12.7 Å². The van der Waals surface area contributed by atoms with Gasteiger partial charge in [0.2, 0.25) is 6.10 Å². The number of halogens is 1. The lowest BCUT2D eigenvalue weighted by atomic mass is 9.86. The van der Waals surface area contributed by atoms with Crippen molar-refractivity contribution in [3.05, 3.63) is 24.3 Å². The summed E-state index contributed by atoms with van der Waals surface area (Å²) in [6.45, 7) is 3.35. The van der Waals surface area contributed by atoms with Gasteiger partial charge in [0.25, 0.3) is 0 Å². The molecule has 2 bridgehead atoms. The summed E-state index contributed by atoms with van der Waals surface area (Å²) in [4.78, 5) is 14.7. The number of benzene rings is 1. The molecule has 120 valence electrons. The molecule has 4 heterocycles. The summed E-state index contributed by atoms with van der Waals surface area (Å²) in [5, 5.41) is 0. The van der Waals surface area contributed by atoms with E-state index in [2.05, 4.69) is 4.90 Å². The summed E-state index contributed by atoms with van der Waals surface area (Å²) in [6.07, 6.45) is 1.61. The van der Waals surface area contributed by atoms with Crippen molar-refractivity contribution >= 4 is 18.4 Å². The summed E-state index contributed by atoms with van der Waals surface area (Å²) >= 11 is 0. The zero-order valence-corrected chi connectivity index (χ0v) is 13.1. The van der Waals surface area contributed by atoms with Gasteiger partial charge in [-0.3, -0.25) is 4.90 Å². The van der Waals surface area contributed by atoms with Crippen LogP contribution in [0.4, 0.5) is 0 Å². The van der Waals surface area contributed by atoms with E-state index in [0.29, 0.717) is 17.4 Å². The molecule has 0 amide bonds. The minimum atomic E-state index is -0.657. The zero-order valence-electron chi connectivity index (χ0n) is 12.3. The third kappa shape index (κ3) is 2.88. The van der Waals surface area contributed by atoms with Crippen molar-refractivity contribution in [3.8, 4) is 11.5 Å². The van der Waals surface area contributed by atoms with Gasteiger partial charge >= 0.3 is 5.97 Å². The molecule has 4 aliphatic heterocycles. The van der Waals surface area contributed by atoms with Gasteiger partial charge in [-0.25, -0.2) is 4.79 Å². The number of piperidine rings is 3. The smallest absolute Gasteiger partial charge is 0.351 e. The van der Waals surface area contributed by atoms with Crippen LogP contribution in [0.1, 0.15) is 12.8 Å². The summed E-state index contributed by atoms with van der Waals surface area (Å²) in [5.41, 5.74) is 0. The molecule has 0 aromatic heterocycles. The first-order valence-corrected chi connectivity index (χ1v) is 7.61. The molecule has 2 unspecified atom stereocenters. The fraction of sp³-hybridized carbons (Fsp3) is 0.562. The van der Waals surface area contributed by atoms with Gasteiger partial charge < -0.3 is 14.2 Å². The fourth-order valence-electron chi connectivity index (χ4n) is 3.41. The number of carbonyl (C=O) groups excluding carboxylic acids is 1. The lowest BCUT2D eigenvalue weighted by Gasteiger charge is -2.44. The van der Waals surface area contributed by atoms with E-state index in [-0.39, 0.29) is 31.1 Å². The van der Waals surface area contributed by atoms with E-state index in [4.69, 9.17) is 14.2 Å². The molecule has 0 radical (unpaired) electrons. The topological polar surface area (TPSA) is 48.0 Å². The molecular weight excluding hydrogens is 306 g/mol. The highest BCUT2D eigenvalue weighted by Gasteiger charge is 2.38. The van der Waals surface area contributed by atoms with Crippen molar-refractivity contribution in [2.45, 2.75) is 25.0 Å². The molecule has 0 aliphatic carbocycles. The molecule has 2 atom stereocenters. The Bertz CT molecular complexity index is 545. The van der Waals surface area contributed by atoms with Gasteiger partial charge in [-0.15, -0.1) is 12.4 Å². The van der Waals surface area contributed by atoms with Crippen LogP contribution in [0.3, 0.4) is 0 Å². The van der Waals surface area contributed by atoms with E-state index >= 15 is 0 Å². The van der Waals surface area contributed by atoms with E-state index in [9.17, 15) is 4.79 Å². The Morgan fingerprint density at radius 1 is 1.18 bits per heavy atom. The number of para-hydroxylation sites is 2. The molecule has 4 aliphatic rings. The van der Waals surface area contributed by atoms with Crippen LogP contribution in [0.2, 0.25) is 0 Å². The summed E-state index contributed by atoms with van der Waals surface area (Å²) in [7, 11) is 0. The fourth-order valence-corrected chi connectivity index (χ4v) is 3.41. The average molecular weight is 326 g/mol. The first kappa shape index (κ1) is 15.4. The van der Waals surface area contributed by atoms with Crippen molar-refractivity contribution in [1.29, 1.82) is 0 Å². The second kappa shape index (κ2) is 6.34. The van der Waals surface area contributed by atoms with Crippen molar-refractivity contribution in [3.63, 3.8) is 0 Å². The Labute approximate surface area is 135 Å². The van der Waals surface area contributed by atoms with Crippen LogP contribution in [0.5, 0.6) is 11.5 Å². The van der Waals surface area contributed by atoms with E-state index in [0.717, 1.165) is 32.5 Å². The highest BCUT2D eigenvalue weighted by molar-refractivity contribution is 5.85. The van der Waals surface area contributed by atoms with Gasteiger partial charge in [-0.1, -0.05) is 12.1 Å². The molecular formula is C16H20ClNO4. The first-order chi connectivity index (χ1) is 10.3. The quantitative estimate of drug-likeness (QED) is 0.777. The Balaban J connectivity index is 0.00000144.